The molecule has 0 unspecified atom stereocenters. The van der Waals surface area contributed by atoms with Crippen LogP contribution in [0.2, 0.25) is 0 Å². The van der Waals surface area contributed by atoms with Crippen LogP contribution in [0.5, 0.6) is 0 Å². The predicted molar refractivity (Wildman–Crippen MR) is 162 cm³/mol. The number of likely N-dealkylation sites (N-methyl/N-ethyl adjacent to an activating group) is 1. The van der Waals surface area contributed by atoms with E-state index in [1.54, 1.807) is 4.40 Å². The Bertz CT molecular complexity index is 1650. The minimum Gasteiger partial charge on any atom is -0.373 e. The Hall–Kier alpha value is -4.91. The van der Waals surface area contributed by atoms with Gasteiger partial charge in [-0.3, -0.25) is 9.59 Å². The van der Waals surface area contributed by atoms with Gasteiger partial charge in [-0.15, -0.1) is 0 Å². The van der Waals surface area contributed by atoms with E-state index in [1.165, 1.54) is 5.56 Å². The van der Waals surface area contributed by atoms with E-state index in [9.17, 15) is 9.59 Å². The number of Topliss-reactive ketones (excluding diaryl/α,β-unsaturated/α-hetero) is 1. The Labute approximate surface area is 234 Å². The maximum Gasteiger partial charge on any atom is 0.298 e. The zero-order valence-electron chi connectivity index (χ0n) is 23.2. The van der Waals surface area contributed by atoms with Crippen molar-refractivity contribution in [2.75, 3.05) is 35.7 Å². The van der Waals surface area contributed by atoms with Crippen molar-refractivity contribution >= 4 is 34.4 Å². The number of carbonyl (C=O) groups excluding carboxylic acids is 2. The number of benzene rings is 2. The second kappa shape index (κ2) is 11.5. The zero-order chi connectivity index (χ0) is 28.2. The number of nitrogens with zero attached hydrogens (tertiary/aromatic N) is 3. The van der Waals surface area contributed by atoms with E-state index in [0.29, 0.717) is 11.4 Å². The summed E-state index contributed by atoms with van der Waals surface area (Å²) < 4.78 is 1.80. The van der Waals surface area contributed by atoms with Gasteiger partial charge in [0, 0.05) is 54.5 Å². The fourth-order valence-corrected chi connectivity index (χ4v) is 5.06. The first-order chi connectivity index (χ1) is 19.3. The molecule has 2 aromatic carbocycles. The lowest BCUT2D eigenvalue weighted by molar-refractivity contribution is -0.112. The highest BCUT2D eigenvalue weighted by Crippen LogP contribution is 2.33. The van der Waals surface area contributed by atoms with Crippen LogP contribution in [0.15, 0.2) is 91.1 Å². The van der Waals surface area contributed by atoms with Crippen LogP contribution in [0.3, 0.4) is 0 Å². The number of anilines is 3. The van der Waals surface area contributed by atoms with Crippen molar-refractivity contribution in [1.29, 1.82) is 0 Å². The fraction of sp³-hybridized carbons (Fsp3) is 0.182. The van der Waals surface area contributed by atoms with E-state index >= 15 is 0 Å². The molecule has 0 aliphatic heterocycles. The first-order valence-corrected chi connectivity index (χ1v) is 13.3. The lowest BCUT2D eigenvalue weighted by Gasteiger charge is -2.20. The summed E-state index contributed by atoms with van der Waals surface area (Å²) in [5, 5.41) is 6.17. The summed E-state index contributed by atoms with van der Waals surface area (Å²) in [4.78, 5) is 33.4. The van der Waals surface area contributed by atoms with Crippen molar-refractivity contribution in [3.05, 3.63) is 114 Å². The number of ketones is 1. The second-order valence-corrected chi connectivity index (χ2v) is 10.0. The second-order valence-electron chi connectivity index (χ2n) is 10.0. The molecule has 202 valence electrons. The summed E-state index contributed by atoms with van der Waals surface area (Å²) in [7, 11) is 2.01. The molecular weight excluding hydrogens is 498 g/mol. The molecule has 0 bridgehead atoms. The van der Waals surface area contributed by atoms with Gasteiger partial charge in [0.25, 0.3) is 11.7 Å². The van der Waals surface area contributed by atoms with E-state index in [0.717, 1.165) is 52.5 Å². The minimum atomic E-state index is -0.674. The molecule has 0 radical (unpaired) electrons. The number of hydrogen-bond acceptors (Lipinski definition) is 5. The van der Waals surface area contributed by atoms with Gasteiger partial charge in [0.2, 0.25) is 0 Å². The summed E-state index contributed by atoms with van der Waals surface area (Å²) in [6.45, 7) is 7.53. The molecule has 7 heteroatoms. The summed E-state index contributed by atoms with van der Waals surface area (Å²) in [6.07, 6.45) is 1.82. The maximum absolute atomic E-state index is 13.6. The molecule has 3 heterocycles. The molecule has 3 aromatic heterocycles. The van der Waals surface area contributed by atoms with Crippen LogP contribution in [-0.2, 0) is 4.79 Å². The Morgan fingerprint density at radius 2 is 1.62 bits per heavy atom. The lowest BCUT2D eigenvalue weighted by atomic mass is 9.99. The van der Waals surface area contributed by atoms with Gasteiger partial charge in [-0.05, 0) is 86.0 Å². The van der Waals surface area contributed by atoms with Gasteiger partial charge in [0.05, 0.1) is 0 Å². The number of aryl methyl sites for hydroxylation is 3. The largest absolute Gasteiger partial charge is 0.373 e. The lowest BCUT2D eigenvalue weighted by Crippen LogP contribution is -2.26. The van der Waals surface area contributed by atoms with Crippen molar-refractivity contribution < 1.29 is 9.59 Å². The van der Waals surface area contributed by atoms with Crippen LogP contribution in [0.1, 0.15) is 27.3 Å². The van der Waals surface area contributed by atoms with Crippen molar-refractivity contribution in [3.8, 4) is 11.1 Å². The van der Waals surface area contributed by atoms with Crippen molar-refractivity contribution in [2.45, 2.75) is 20.8 Å². The van der Waals surface area contributed by atoms with Gasteiger partial charge >= 0.3 is 0 Å². The minimum absolute atomic E-state index is 0.360. The number of carbonyl (C=O) groups is 2. The van der Waals surface area contributed by atoms with Crippen LogP contribution in [0, 0.1) is 20.8 Å². The molecule has 0 saturated heterocycles. The maximum atomic E-state index is 13.6. The van der Waals surface area contributed by atoms with E-state index in [4.69, 9.17) is 0 Å². The van der Waals surface area contributed by atoms with Gasteiger partial charge in [-0.2, -0.15) is 0 Å². The molecular formula is C33H33N5O2. The number of amides is 1. The third kappa shape index (κ3) is 5.59. The van der Waals surface area contributed by atoms with Gasteiger partial charge in [-0.1, -0.05) is 36.4 Å². The summed E-state index contributed by atoms with van der Waals surface area (Å²) in [5.74, 6) is -0.387. The molecule has 1 amide bonds. The highest BCUT2D eigenvalue weighted by atomic mass is 16.2. The molecule has 0 spiro atoms. The van der Waals surface area contributed by atoms with Crippen LogP contribution < -0.4 is 15.5 Å². The summed E-state index contributed by atoms with van der Waals surface area (Å²) >= 11 is 0. The molecule has 0 aliphatic carbocycles. The fourth-order valence-electron chi connectivity index (χ4n) is 5.06. The molecule has 7 nitrogen and oxygen atoms in total. The van der Waals surface area contributed by atoms with E-state index in [2.05, 4.69) is 33.5 Å². The predicted octanol–water partition coefficient (Wildman–Crippen LogP) is 6.30. The number of nitrogens with one attached hydrogen (secondary N) is 2. The van der Waals surface area contributed by atoms with Gasteiger partial charge in [0.15, 0.2) is 0 Å². The van der Waals surface area contributed by atoms with Crippen LogP contribution in [0.4, 0.5) is 17.2 Å². The van der Waals surface area contributed by atoms with Crippen LogP contribution in [0.25, 0.3) is 16.6 Å². The van der Waals surface area contributed by atoms with E-state index < -0.39 is 11.7 Å². The topological polar surface area (TPSA) is 78.7 Å². The van der Waals surface area contributed by atoms with Crippen molar-refractivity contribution in [2.24, 2.45) is 0 Å². The number of hydrogen-bond donors (Lipinski definition) is 2. The molecule has 40 heavy (non-hydrogen) atoms. The number of fused-ring (bicyclic) bond motifs is 1. The first-order valence-electron chi connectivity index (χ1n) is 13.3. The average Bonchev–Trinajstić information content (AvgIpc) is 3.25. The third-order valence-corrected chi connectivity index (χ3v) is 7.00. The molecule has 0 atom stereocenters. The Kier molecular flexibility index (Phi) is 7.64. The highest BCUT2D eigenvalue weighted by molar-refractivity contribution is 6.47. The summed E-state index contributed by atoms with van der Waals surface area (Å²) in [5.41, 5.74) is 7.61. The van der Waals surface area contributed by atoms with E-state index in [-0.39, 0.29) is 0 Å². The van der Waals surface area contributed by atoms with Crippen LogP contribution in [-0.4, -0.2) is 41.2 Å². The first kappa shape index (κ1) is 26.7. The standard InChI is InChI=1S/C33H33N5O2/c1-22-20-23(2)35-29(21-22)34-17-19-37(4)27-15-13-26(14-16-27)36-33(40)32(39)31-30(25-10-6-5-7-11-25)24(3)28-12-8-9-18-38(28)31/h5-16,18,20-21H,17,19H2,1-4H3,(H,34,35)(H,36,40). The van der Waals surface area contributed by atoms with Gasteiger partial charge in [0.1, 0.15) is 11.5 Å². The van der Waals surface area contributed by atoms with Crippen molar-refractivity contribution in [1.82, 2.24) is 9.38 Å². The molecule has 5 aromatic rings. The average molecular weight is 532 g/mol. The Balaban J connectivity index is 1.28. The quantitative estimate of drug-likeness (QED) is 0.172. The Morgan fingerprint density at radius 1 is 0.900 bits per heavy atom. The number of aromatic nitrogens is 2. The SMILES string of the molecule is Cc1cc(C)nc(NCCN(C)c2ccc(NC(=O)C(=O)c3c(-c4ccccc4)c(C)c4ccccn34)cc2)c1. The van der Waals surface area contributed by atoms with E-state index in [1.807, 2.05) is 106 Å². The van der Waals surface area contributed by atoms with Gasteiger partial charge in [-0.25, -0.2) is 4.98 Å². The molecule has 0 saturated carbocycles. The van der Waals surface area contributed by atoms with Gasteiger partial charge < -0.3 is 19.9 Å². The Morgan fingerprint density at radius 3 is 2.35 bits per heavy atom. The van der Waals surface area contributed by atoms with Crippen LogP contribution >= 0.6 is 0 Å². The highest BCUT2D eigenvalue weighted by Gasteiger charge is 2.27. The molecule has 0 aliphatic rings. The number of pyridine rings is 2. The monoisotopic (exact) mass is 531 g/mol. The zero-order valence-corrected chi connectivity index (χ0v) is 23.2. The molecule has 0 fully saturated rings. The summed E-state index contributed by atoms with van der Waals surface area (Å²) in [6, 6.07) is 27.0. The number of rotatable bonds is 9. The van der Waals surface area contributed by atoms with Crippen molar-refractivity contribution in [3.63, 3.8) is 0 Å². The molecule has 2 N–H and O–H groups in total. The smallest absolute Gasteiger partial charge is 0.298 e. The normalized spacial score (nSPS) is 10.9. The third-order valence-electron chi connectivity index (χ3n) is 7.00. The molecule has 5 rings (SSSR count).